The van der Waals surface area contributed by atoms with Crippen LogP contribution in [0.15, 0.2) is 36.7 Å². The molecular weight excluding hydrogens is 224 g/mol. The van der Waals surface area contributed by atoms with Gasteiger partial charge in [0, 0.05) is 30.7 Å². The average molecular weight is 235 g/mol. The van der Waals surface area contributed by atoms with Crippen LogP contribution in [0.4, 0.5) is 11.5 Å². The van der Waals surface area contributed by atoms with Crippen molar-refractivity contribution in [3.05, 3.63) is 47.4 Å². The second-order valence-electron chi connectivity index (χ2n) is 3.32. The summed E-state index contributed by atoms with van der Waals surface area (Å²) < 4.78 is 0. The predicted octanol–water partition coefficient (Wildman–Crippen LogP) is 2.32. The van der Waals surface area contributed by atoms with Crippen molar-refractivity contribution in [1.82, 2.24) is 9.97 Å². The third-order valence-corrected chi connectivity index (χ3v) is 2.21. The molecule has 82 valence electrons. The Labute approximate surface area is 98.5 Å². The molecule has 5 heteroatoms. The van der Waals surface area contributed by atoms with Crippen molar-refractivity contribution in [2.24, 2.45) is 0 Å². The van der Waals surface area contributed by atoms with Crippen molar-refractivity contribution < 1.29 is 0 Å². The number of hydrogen-bond donors (Lipinski definition) is 2. The maximum atomic E-state index is 5.79. The molecule has 0 aliphatic heterocycles. The summed E-state index contributed by atoms with van der Waals surface area (Å²) in [6.45, 7) is 0.640. The van der Waals surface area contributed by atoms with Crippen LogP contribution in [0.2, 0.25) is 5.15 Å². The van der Waals surface area contributed by atoms with E-state index in [1.807, 2.05) is 12.1 Å². The van der Waals surface area contributed by atoms with Gasteiger partial charge in [-0.2, -0.15) is 0 Å². The Balaban J connectivity index is 2.05. The van der Waals surface area contributed by atoms with E-state index in [-0.39, 0.29) is 0 Å². The van der Waals surface area contributed by atoms with Gasteiger partial charge in [0.1, 0.15) is 11.0 Å². The Bertz CT molecular complexity index is 452. The van der Waals surface area contributed by atoms with Crippen LogP contribution in [0.1, 0.15) is 5.56 Å². The summed E-state index contributed by atoms with van der Waals surface area (Å²) in [5.74, 6) is 0.661. The topological polar surface area (TPSA) is 63.8 Å². The van der Waals surface area contributed by atoms with E-state index >= 15 is 0 Å². The van der Waals surface area contributed by atoms with Crippen LogP contribution >= 0.6 is 11.6 Å². The molecule has 16 heavy (non-hydrogen) atoms. The summed E-state index contributed by atoms with van der Waals surface area (Å²) in [5.41, 5.74) is 7.32. The molecule has 2 aromatic heterocycles. The zero-order valence-corrected chi connectivity index (χ0v) is 9.28. The molecule has 0 radical (unpaired) electrons. The van der Waals surface area contributed by atoms with Crippen molar-refractivity contribution >= 4 is 23.1 Å². The van der Waals surface area contributed by atoms with E-state index in [0.29, 0.717) is 23.2 Å². The van der Waals surface area contributed by atoms with Crippen LogP contribution in [0, 0.1) is 0 Å². The van der Waals surface area contributed by atoms with E-state index in [2.05, 4.69) is 15.3 Å². The van der Waals surface area contributed by atoms with E-state index in [9.17, 15) is 0 Å². The number of hydrogen-bond acceptors (Lipinski definition) is 4. The lowest BCUT2D eigenvalue weighted by molar-refractivity contribution is 1.09. The number of nitrogens with one attached hydrogen (secondary N) is 1. The first kappa shape index (κ1) is 10.7. The van der Waals surface area contributed by atoms with Gasteiger partial charge in [0.2, 0.25) is 0 Å². The monoisotopic (exact) mass is 234 g/mol. The molecule has 0 aliphatic rings. The normalized spacial score (nSPS) is 10.1. The number of pyridine rings is 2. The summed E-state index contributed by atoms with van der Waals surface area (Å²) in [5, 5.41) is 3.51. The van der Waals surface area contributed by atoms with Gasteiger partial charge in [-0.15, -0.1) is 0 Å². The van der Waals surface area contributed by atoms with Crippen LogP contribution in [0.5, 0.6) is 0 Å². The maximum absolute atomic E-state index is 5.79. The Kier molecular flexibility index (Phi) is 3.22. The molecule has 0 saturated heterocycles. The molecule has 2 heterocycles. The van der Waals surface area contributed by atoms with Crippen LogP contribution in [0.3, 0.4) is 0 Å². The first-order valence-electron chi connectivity index (χ1n) is 4.80. The summed E-state index contributed by atoms with van der Waals surface area (Å²) in [7, 11) is 0. The molecule has 0 aromatic carbocycles. The van der Waals surface area contributed by atoms with Crippen molar-refractivity contribution in [1.29, 1.82) is 0 Å². The number of rotatable bonds is 3. The first-order chi connectivity index (χ1) is 7.74. The first-order valence-corrected chi connectivity index (χ1v) is 5.18. The highest BCUT2D eigenvalue weighted by Gasteiger charge is 1.98. The minimum atomic E-state index is 0.383. The Morgan fingerprint density at radius 1 is 1.38 bits per heavy atom. The zero-order valence-electron chi connectivity index (χ0n) is 8.52. The molecule has 0 atom stereocenters. The molecule has 0 spiro atoms. The largest absolute Gasteiger partial charge is 0.399 e. The highest BCUT2D eigenvalue weighted by Crippen LogP contribution is 2.16. The van der Waals surface area contributed by atoms with Gasteiger partial charge in [0.25, 0.3) is 0 Å². The fourth-order valence-electron chi connectivity index (χ4n) is 1.30. The number of halogens is 1. The molecule has 0 fully saturated rings. The summed E-state index contributed by atoms with van der Waals surface area (Å²) >= 11 is 5.79. The molecular formula is C11H11ClN4. The number of nitrogens with two attached hydrogens (primary N) is 1. The van der Waals surface area contributed by atoms with Gasteiger partial charge < -0.3 is 11.1 Å². The molecule has 0 unspecified atom stereocenters. The molecule has 0 amide bonds. The molecule has 4 nitrogen and oxygen atoms in total. The average Bonchev–Trinajstić information content (AvgIpc) is 2.27. The maximum Gasteiger partial charge on any atom is 0.133 e. The minimum absolute atomic E-state index is 0.383. The van der Waals surface area contributed by atoms with Crippen molar-refractivity contribution in [3.63, 3.8) is 0 Å². The van der Waals surface area contributed by atoms with Crippen molar-refractivity contribution in [2.45, 2.75) is 6.54 Å². The lowest BCUT2D eigenvalue weighted by Gasteiger charge is -2.06. The van der Waals surface area contributed by atoms with Crippen molar-refractivity contribution in [3.8, 4) is 0 Å². The Hall–Kier alpha value is -1.81. The molecule has 0 bridgehead atoms. The van der Waals surface area contributed by atoms with Crippen LogP contribution in [-0.2, 0) is 6.54 Å². The lowest BCUT2D eigenvalue weighted by Crippen LogP contribution is -2.02. The van der Waals surface area contributed by atoms with E-state index in [1.165, 1.54) is 0 Å². The van der Waals surface area contributed by atoms with Gasteiger partial charge in [-0.1, -0.05) is 17.7 Å². The fourth-order valence-corrected chi connectivity index (χ4v) is 1.52. The standard InChI is InChI=1S/C11H11ClN4/c12-10-4-9(13)5-11(16-10)15-7-8-2-1-3-14-6-8/h1-6H,7H2,(H3,13,15,16). The highest BCUT2D eigenvalue weighted by atomic mass is 35.5. The molecule has 3 N–H and O–H groups in total. The van der Waals surface area contributed by atoms with Gasteiger partial charge in [0.15, 0.2) is 0 Å². The number of nitrogen functional groups attached to an aromatic ring is 1. The Morgan fingerprint density at radius 2 is 2.25 bits per heavy atom. The van der Waals surface area contributed by atoms with E-state index in [1.54, 1.807) is 24.5 Å². The van der Waals surface area contributed by atoms with E-state index in [0.717, 1.165) is 5.56 Å². The second kappa shape index (κ2) is 4.81. The van der Waals surface area contributed by atoms with Crippen molar-refractivity contribution in [2.75, 3.05) is 11.1 Å². The molecule has 0 saturated carbocycles. The second-order valence-corrected chi connectivity index (χ2v) is 3.71. The molecule has 2 aromatic rings. The third-order valence-electron chi connectivity index (χ3n) is 2.01. The van der Waals surface area contributed by atoms with Gasteiger partial charge >= 0.3 is 0 Å². The number of anilines is 2. The quantitative estimate of drug-likeness (QED) is 0.800. The SMILES string of the molecule is Nc1cc(Cl)nc(NCc2cccnc2)c1. The van der Waals surface area contributed by atoms with Crippen LogP contribution in [-0.4, -0.2) is 9.97 Å². The predicted molar refractivity (Wildman–Crippen MR) is 65.2 cm³/mol. The highest BCUT2D eigenvalue weighted by molar-refractivity contribution is 6.29. The summed E-state index contributed by atoms with van der Waals surface area (Å²) in [6, 6.07) is 7.21. The number of nitrogens with zero attached hydrogens (tertiary/aromatic N) is 2. The van der Waals surface area contributed by atoms with Gasteiger partial charge in [-0.3, -0.25) is 4.98 Å². The summed E-state index contributed by atoms with van der Waals surface area (Å²) in [4.78, 5) is 8.12. The van der Waals surface area contributed by atoms with Gasteiger partial charge in [0.05, 0.1) is 0 Å². The molecule has 0 aliphatic carbocycles. The van der Waals surface area contributed by atoms with E-state index in [4.69, 9.17) is 17.3 Å². The smallest absolute Gasteiger partial charge is 0.133 e. The van der Waals surface area contributed by atoms with Crippen LogP contribution < -0.4 is 11.1 Å². The van der Waals surface area contributed by atoms with Gasteiger partial charge in [-0.05, 0) is 17.7 Å². The zero-order chi connectivity index (χ0) is 11.4. The van der Waals surface area contributed by atoms with Gasteiger partial charge in [-0.25, -0.2) is 4.98 Å². The van der Waals surface area contributed by atoms with E-state index < -0.39 is 0 Å². The lowest BCUT2D eigenvalue weighted by atomic mass is 10.3. The molecule has 2 rings (SSSR count). The fraction of sp³-hybridized carbons (Fsp3) is 0.0909. The third kappa shape index (κ3) is 2.84. The summed E-state index contributed by atoms with van der Waals surface area (Å²) in [6.07, 6.45) is 3.53. The van der Waals surface area contributed by atoms with Crippen LogP contribution in [0.25, 0.3) is 0 Å². The minimum Gasteiger partial charge on any atom is -0.399 e. The Morgan fingerprint density at radius 3 is 2.94 bits per heavy atom. The number of aromatic nitrogens is 2.